The molecule has 0 aromatic heterocycles. The summed E-state index contributed by atoms with van der Waals surface area (Å²) in [5.41, 5.74) is 2.31. The van der Waals surface area contributed by atoms with Crippen molar-refractivity contribution in [3.05, 3.63) is 29.3 Å². The Morgan fingerprint density at radius 3 is 2.35 bits per heavy atom. The highest BCUT2D eigenvalue weighted by molar-refractivity contribution is 5.83. The minimum Gasteiger partial charge on any atom is -0.493 e. The number of nitrogens with zero attached hydrogens (tertiary/aromatic N) is 1. The van der Waals surface area contributed by atoms with Gasteiger partial charge in [-0.15, -0.1) is 0 Å². The van der Waals surface area contributed by atoms with E-state index in [1.807, 2.05) is 26.0 Å². The number of piperidine rings is 1. The molecule has 0 bridgehead atoms. The number of Topliss-reactive ketones (excluding diaryl/α,β-unsaturated/α-hetero) is 1. The largest absolute Gasteiger partial charge is 0.493 e. The van der Waals surface area contributed by atoms with Crippen LogP contribution in [-0.4, -0.2) is 36.3 Å². The summed E-state index contributed by atoms with van der Waals surface area (Å²) in [6.45, 7) is 5.54. The molecule has 1 aromatic carbocycles. The molecule has 108 valence electrons. The summed E-state index contributed by atoms with van der Waals surface area (Å²) in [6, 6.07) is 6.02. The van der Waals surface area contributed by atoms with Crippen LogP contribution in [0.15, 0.2) is 18.2 Å². The van der Waals surface area contributed by atoms with Crippen molar-refractivity contribution >= 4 is 11.7 Å². The molecule has 1 aliphatic heterocycles. The Labute approximate surface area is 119 Å². The predicted octanol–water partition coefficient (Wildman–Crippen LogP) is 2.26. The quantitative estimate of drug-likeness (QED) is 0.847. The van der Waals surface area contributed by atoms with E-state index in [0.717, 1.165) is 16.9 Å². The van der Waals surface area contributed by atoms with E-state index in [2.05, 4.69) is 6.07 Å². The number of ether oxygens (including phenoxy) is 1. The van der Waals surface area contributed by atoms with Gasteiger partial charge in [0.05, 0.1) is 13.0 Å². The van der Waals surface area contributed by atoms with Crippen molar-refractivity contribution in [3.8, 4) is 5.75 Å². The summed E-state index contributed by atoms with van der Waals surface area (Å²) < 4.78 is 5.64. The van der Waals surface area contributed by atoms with Crippen LogP contribution >= 0.6 is 0 Å². The standard InChI is InChI=1S/C16H21NO3/c1-12-9-13(2)11-15(10-12)20-8-5-16(19)17-6-3-14(18)4-7-17/h9-11H,3-8H2,1-2H3. The zero-order valence-electron chi connectivity index (χ0n) is 12.1. The highest BCUT2D eigenvalue weighted by Crippen LogP contribution is 2.16. The first-order valence-corrected chi connectivity index (χ1v) is 7.05. The van der Waals surface area contributed by atoms with E-state index in [9.17, 15) is 9.59 Å². The van der Waals surface area contributed by atoms with Crippen LogP contribution in [0.2, 0.25) is 0 Å². The summed E-state index contributed by atoms with van der Waals surface area (Å²) in [7, 11) is 0. The van der Waals surface area contributed by atoms with Crippen molar-refractivity contribution in [2.24, 2.45) is 0 Å². The van der Waals surface area contributed by atoms with E-state index in [1.165, 1.54) is 0 Å². The summed E-state index contributed by atoms with van der Waals surface area (Å²) in [4.78, 5) is 24.9. The Morgan fingerprint density at radius 2 is 1.75 bits per heavy atom. The van der Waals surface area contributed by atoms with Crippen molar-refractivity contribution in [1.29, 1.82) is 0 Å². The smallest absolute Gasteiger partial charge is 0.226 e. The first-order valence-electron chi connectivity index (χ1n) is 7.05. The van der Waals surface area contributed by atoms with Crippen molar-refractivity contribution in [2.45, 2.75) is 33.1 Å². The van der Waals surface area contributed by atoms with Crippen molar-refractivity contribution in [3.63, 3.8) is 0 Å². The van der Waals surface area contributed by atoms with Gasteiger partial charge in [-0.05, 0) is 37.1 Å². The second-order valence-corrected chi connectivity index (χ2v) is 5.34. The number of carbonyl (C=O) groups excluding carboxylic acids is 2. The molecule has 1 fully saturated rings. The van der Waals surface area contributed by atoms with Gasteiger partial charge in [0.15, 0.2) is 0 Å². The van der Waals surface area contributed by atoms with E-state index < -0.39 is 0 Å². The van der Waals surface area contributed by atoms with Crippen LogP contribution in [0.3, 0.4) is 0 Å². The molecule has 0 atom stereocenters. The Balaban J connectivity index is 1.77. The molecule has 0 N–H and O–H groups in total. The van der Waals surface area contributed by atoms with Gasteiger partial charge in [0.2, 0.25) is 5.91 Å². The van der Waals surface area contributed by atoms with Gasteiger partial charge in [0.25, 0.3) is 0 Å². The van der Waals surface area contributed by atoms with Crippen molar-refractivity contribution in [1.82, 2.24) is 4.90 Å². The van der Waals surface area contributed by atoms with Gasteiger partial charge < -0.3 is 9.64 Å². The maximum absolute atomic E-state index is 12.0. The minimum atomic E-state index is 0.0712. The third-order valence-corrected chi connectivity index (χ3v) is 3.45. The topological polar surface area (TPSA) is 46.6 Å². The molecule has 0 aliphatic carbocycles. The lowest BCUT2D eigenvalue weighted by Gasteiger charge is -2.26. The second-order valence-electron chi connectivity index (χ2n) is 5.34. The number of aryl methyl sites for hydroxylation is 2. The number of hydrogen-bond donors (Lipinski definition) is 0. The fourth-order valence-electron chi connectivity index (χ4n) is 2.44. The normalized spacial score (nSPS) is 15.3. The molecular weight excluding hydrogens is 254 g/mol. The molecule has 4 nitrogen and oxygen atoms in total. The van der Waals surface area contributed by atoms with Gasteiger partial charge in [-0.3, -0.25) is 9.59 Å². The van der Waals surface area contributed by atoms with E-state index >= 15 is 0 Å². The zero-order valence-corrected chi connectivity index (χ0v) is 12.1. The summed E-state index contributed by atoms with van der Waals surface area (Å²) in [5, 5.41) is 0. The third kappa shape index (κ3) is 4.08. The predicted molar refractivity (Wildman–Crippen MR) is 76.8 cm³/mol. The monoisotopic (exact) mass is 275 g/mol. The highest BCUT2D eigenvalue weighted by atomic mass is 16.5. The average molecular weight is 275 g/mol. The number of hydrogen-bond acceptors (Lipinski definition) is 3. The van der Waals surface area contributed by atoms with Crippen LogP contribution in [0, 0.1) is 13.8 Å². The summed E-state index contributed by atoms with van der Waals surface area (Å²) in [6.07, 6.45) is 1.34. The van der Waals surface area contributed by atoms with Crippen LogP contribution in [-0.2, 0) is 9.59 Å². The molecule has 0 saturated carbocycles. The van der Waals surface area contributed by atoms with Crippen LogP contribution in [0.4, 0.5) is 0 Å². The number of amides is 1. The molecule has 1 amide bonds. The Hall–Kier alpha value is -1.84. The molecule has 1 saturated heterocycles. The van der Waals surface area contributed by atoms with Crippen LogP contribution in [0.25, 0.3) is 0 Å². The van der Waals surface area contributed by atoms with Crippen molar-refractivity contribution in [2.75, 3.05) is 19.7 Å². The summed E-state index contributed by atoms with van der Waals surface area (Å²) >= 11 is 0. The molecule has 1 aromatic rings. The first kappa shape index (κ1) is 14.6. The zero-order chi connectivity index (χ0) is 14.5. The third-order valence-electron chi connectivity index (χ3n) is 3.45. The fourth-order valence-corrected chi connectivity index (χ4v) is 2.44. The molecule has 20 heavy (non-hydrogen) atoms. The van der Waals surface area contributed by atoms with E-state index in [0.29, 0.717) is 39.0 Å². The SMILES string of the molecule is Cc1cc(C)cc(OCCC(=O)N2CCC(=O)CC2)c1. The molecule has 0 unspecified atom stereocenters. The number of carbonyl (C=O) groups is 2. The van der Waals surface area contributed by atoms with Crippen LogP contribution in [0.1, 0.15) is 30.4 Å². The maximum atomic E-state index is 12.0. The van der Waals surface area contributed by atoms with Gasteiger partial charge in [0, 0.05) is 25.9 Å². The van der Waals surface area contributed by atoms with Gasteiger partial charge in [-0.25, -0.2) is 0 Å². The molecule has 1 aliphatic rings. The van der Waals surface area contributed by atoms with Gasteiger partial charge in [-0.2, -0.15) is 0 Å². The van der Waals surface area contributed by atoms with E-state index in [1.54, 1.807) is 4.90 Å². The van der Waals surface area contributed by atoms with Crippen molar-refractivity contribution < 1.29 is 14.3 Å². The Morgan fingerprint density at radius 1 is 1.15 bits per heavy atom. The second kappa shape index (κ2) is 6.55. The number of benzene rings is 1. The number of likely N-dealkylation sites (tertiary alicyclic amines) is 1. The lowest BCUT2D eigenvalue weighted by atomic mass is 10.1. The lowest BCUT2D eigenvalue weighted by molar-refractivity contribution is -0.134. The number of ketones is 1. The molecule has 1 heterocycles. The van der Waals surface area contributed by atoms with Crippen LogP contribution in [0.5, 0.6) is 5.75 Å². The highest BCUT2D eigenvalue weighted by Gasteiger charge is 2.20. The average Bonchev–Trinajstić information content (AvgIpc) is 2.38. The molecule has 0 spiro atoms. The lowest BCUT2D eigenvalue weighted by Crippen LogP contribution is -2.39. The van der Waals surface area contributed by atoms with Crippen LogP contribution < -0.4 is 4.74 Å². The van der Waals surface area contributed by atoms with E-state index in [4.69, 9.17) is 4.74 Å². The van der Waals surface area contributed by atoms with E-state index in [-0.39, 0.29) is 11.7 Å². The molecule has 4 heteroatoms. The Kier molecular flexibility index (Phi) is 4.77. The minimum absolute atomic E-state index is 0.0712. The number of rotatable bonds is 4. The maximum Gasteiger partial charge on any atom is 0.226 e. The molecule has 0 radical (unpaired) electrons. The molecular formula is C16H21NO3. The Bertz CT molecular complexity index is 480. The molecule has 2 rings (SSSR count). The first-order chi connectivity index (χ1) is 9.54. The van der Waals surface area contributed by atoms with Gasteiger partial charge >= 0.3 is 0 Å². The van der Waals surface area contributed by atoms with Gasteiger partial charge in [-0.1, -0.05) is 6.07 Å². The summed E-state index contributed by atoms with van der Waals surface area (Å²) in [5.74, 6) is 1.13. The van der Waals surface area contributed by atoms with Gasteiger partial charge in [0.1, 0.15) is 11.5 Å². The fraction of sp³-hybridized carbons (Fsp3) is 0.500.